The van der Waals surface area contributed by atoms with Gasteiger partial charge in [0.25, 0.3) is 11.1 Å². The molecule has 40 heavy (non-hydrogen) atoms. The minimum absolute atomic E-state index is 0.0626. The molecule has 21 heteroatoms. The second-order valence-electron chi connectivity index (χ2n) is 8.91. The van der Waals surface area contributed by atoms with Gasteiger partial charge in [0, 0.05) is 12.3 Å². The first kappa shape index (κ1) is 28.2. The summed E-state index contributed by atoms with van der Waals surface area (Å²) in [4.78, 5) is 58.0. The third kappa shape index (κ3) is 5.12. The Morgan fingerprint density at radius 2 is 1.77 bits per heavy atom. The summed E-state index contributed by atoms with van der Waals surface area (Å²) in [5.41, 5.74) is 3.00. The smallest absolute Gasteiger partial charge is 0.394 e. The molecule has 0 bridgehead atoms. The SMILES string of the molecule is Nc1nc2c(ncn2[C@@H]2O[C@@H](COP(=O)(O)O[C@@H]3[C@@H](O)[C@H](CO)O[C@H]3n3ccc(=O)[nH]c3=O)[C@H](O)[C@H]2O)c(=O)[nH]1. The molecule has 2 aliphatic rings. The van der Waals surface area contributed by atoms with Crippen LogP contribution in [0.4, 0.5) is 5.95 Å². The summed E-state index contributed by atoms with van der Waals surface area (Å²) in [5, 5.41) is 41.0. The maximum absolute atomic E-state index is 12.8. The summed E-state index contributed by atoms with van der Waals surface area (Å²) < 4.78 is 35.7. The molecule has 0 amide bonds. The standard InChI is InChI=1S/C19H24N7O13P/c20-18-23-14-9(15(32)24-18)21-5-26(14)16-12(31)10(29)7(38-16)4-36-40(34,35)39-13-11(30)6(3-27)37-17(13)25-2-1-8(28)22-19(25)33/h1-2,5-7,10-13,16-17,27,29-31H,3-4H2,(H,34,35)(H,22,28,33)(H3,20,23,24,32)/t6-,7-,10-,11-,12+,13+,16+,17+/m0/s1. The van der Waals surface area contributed by atoms with Crippen LogP contribution in [0.15, 0.2) is 33.0 Å². The molecule has 1 unspecified atom stereocenters. The highest BCUT2D eigenvalue weighted by Crippen LogP contribution is 2.49. The van der Waals surface area contributed by atoms with Crippen LogP contribution in [0.25, 0.3) is 11.2 Å². The van der Waals surface area contributed by atoms with Crippen molar-refractivity contribution >= 4 is 24.9 Å². The Labute approximate surface area is 220 Å². The van der Waals surface area contributed by atoms with Crippen molar-refractivity contribution in [2.45, 2.75) is 49.1 Å². The third-order valence-corrected chi connectivity index (χ3v) is 7.32. The van der Waals surface area contributed by atoms with Gasteiger partial charge in [-0.15, -0.1) is 0 Å². The maximum atomic E-state index is 12.8. The fourth-order valence-electron chi connectivity index (χ4n) is 4.41. The molecule has 5 rings (SSSR count). The Kier molecular flexibility index (Phi) is 7.48. The Balaban J connectivity index is 1.31. The summed E-state index contributed by atoms with van der Waals surface area (Å²) in [6.45, 7) is -1.56. The molecule has 2 saturated heterocycles. The molecule has 0 aromatic carbocycles. The van der Waals surface area contributed by atoms with E-state index in [0.29, 0.717) is 0 Å². The lowest BCUT2D eigenvalue weighted by Crippen LogP contribution is -2.39. The van der Waals surface area contributed by atoms with Gasteiger partial charge in [-0.1, -0.05) is 0 Å². The number of aromatic amines is 2. The third-order valence-electron chi connectivity index (χ3n) is 6.34. The van der Waals surface area contributed by atoms with Crippen LogP contribution in [0.3, 0.4) is 0 Å². The number of nitrogen functional groups attached to an aromatic ring is 1. The zero-order valence-corrected chi connectivity index (χ0v) is 21.0. The van der Waals surface area contributed by atoms with Crippen LogP contribution in [-0.2, 0) is 23.1 Å². The molecule has 0 spiro atoms. The number of hydrogen-bond acceptors (Lipinski definition) is 15. The lowest BCUT2D eigenvalue weighted by atomic mass is 10.1. The number of aliphatic hydroxyl groups is 4. The number of aliphatic hydroxyl groups excluding tert-OH is 4. The zero-order valence-electron chi connectivity index (χ0n) is 20.1. The van der Waals surface area contributed by atoms with Gasteiger partial charge >= 0.3 is 13.5 Å². The van der Waals surface area contributed by atoms with E-state index in [2.05, 4.69) is 15.0 Å². The number of fused-ring (bicyclic) bond motifs is 1. The molecule has 9 atom stereocenters. The van der Waals surface area contributed by atoms with Gasteiger partial charge in [-0.05, 0) is 0 Å². The fourth-order valence-corrected chi connectivity index (χ4v) is 5.34. The van der Waals surface area contributed by atoms with Crippen molar-refractivity contribution < 1.29 is 48.4 Å². The van der Waals surface area contributed by atoms with Crippen molar-refractivity contribution in [3.05, 3.63) is 49.8 Å². The Morgan fingerprint density at radius 1 is 1.05 bits per heavy atom. The largest absolute Gasteiger partial charge is 0.472 e. The summed E-state index contributed by atoms with van der Waals surface area (Å²) in [7, 11) is -5.10. The second kappa shape index (κ2) is 10.6. The van der Waals surface area contributed by atoms with E-state index in [0.717, 1.165) is 27.7 Å². The lowest BCUT2D eigenvalue weighted by Gasteiger charge is -2.25. The average molecular weight is 589 g/mol. The molecule has 0 aliphatic carbocycles. The predicted molar refractivity (Wildman–Crippen MR) is 127 cm³/mol. The van der Waals surface area contributed by atoms with E-state index in [1.54, 1.807) is 0 Å². The Morgan fingerprint density at radius 3 is 2.48 bits per heavy atom. The number of anilines is 1. The first-order valence-electron chi connectivity index (χ1n) is 11.6. The van der Waals surface area contributed by atoms with E-state index < -0.39 is 86.9 Å². The molecule has 3 aromatic heterocycles. The minimum atomic E-state index is -5.10. The molecule has 2 aliphatic heterocycles. The van der Waals surface area contributed by atoms with Crippen molar-refractivity contribution in [1.29, 1.82) is 0 Å². The topological polar surface area (TPSA) is 300 Å². The number of H-pyrrole nitrogens is 2. The van der Waals surface area contributed by atoms with Crippen LogP contribution < -0.4 is 22.5 Å². The molecule has 218 valence electrons. The van der Waals surface area contributed by atoms with Gasteiger partial charge in [0.1, 0.15) is 36.6 Å². The number of imidazole rings is 1. The number of phosphoric ester groups is 1. The summed E-state index contributed by atoms with van der Waals surface area (Å²) in [6, 6.07) is 0.958. The van der Waals surface area contributed by atoms with Crippen molar-refractivity contribution in [2.75, 3.05) is 18.9 Å². The number of rotatable bonds is 8. The van der Waals surface area contributed by atoms with Crippen molar-refractivity contribution in [1.82, 2.24) is 29.1 Å². The summed E-state index contributed by atoms with van der Waals surface area (Å²) >= 11 is 0. The number of phosphoric acid groups is 1. The van der Waals surface area contributed by atoms with Crippen LogP contribution in [0.1, 0.15) is 12.5 Å². The van der Waals surface area contributed by atoms with Gasteiger partial charge in [0.05, 0.1) is 19.5 Å². The number of aromatic nitrogens is 6. The summed E-state index contributed by atoms with van der Waals surface area (Å²) in [5.74, 6) is -0.241. The number of hydrogen-bond donors (Lipinski definition) is 8. The Hall–Kier alpha value is -3.30. The van der Waals surface area contributed by atoms with Gasteiger partial charge in [-0.25, -0.2) is 14.3 Å². The van der Waals surface area contributed by atoms with Gasteiger partial charge in [-0.2, -0.15) is 4.98 Å². The van der Waals surface area contributed by atoms with Gasteiger partial charge in [0.2, 0.25) is 5.95 Å². The van der Waals surface area contributed by atoms with E-state index in [1.807, 2.05) is 4.98 Å². The van der Waals surface area contributed by atoms with Crippen molar-refractivity contribution in [3.8, 4) is 0 Å². The number of nitrogens with two attached hydrogens (primary N) is 1. The van der Waals surface area contributed by atoms with Crippen LogP contribution >= 0.6 is 7.82 Å². The van der Waals surface area contributed by atoms with E-state index in [4.69, 9.17) is 24.3 Å². The van der Waals surface area contributed by atoms with Gasteiger partial charge in [-0.3, -0.25) is 37.7 Å². The van der Waals surface area contributed by atoms with Crippen molar-refractivity contribution in [2.24, 2.45) is 0 Å². The van der Waals surface area contributed by atoms with Gasteiger partial charge in [0.15, 0.2) is 23.6 Å². The van der Waals surface area contributed by atoms with Crippen LogP contribution in [0.2, 0.25) is 0 Å². The minimum Gasteiger partial charge on any atom is -0.394 e. The summed E-state index contributed by atoms with van der Waals surface area (Å²) in [6.07, 6.45) is -10.3. The molecular weight excluding hydrogens is 565 g/mol. The highest BCUT2D eigenvalue weighted by Gasteiger charge is 2.50. The Bertz CT molecular complexity index is 1620. The molecule has 9 N–H and O–H groups in total. The molecular formula is C19H24N7O13P. The molecule has 3 aromatic rings. The zero-order chi connectivity index (χ0) is 28.9. The van der Waals surface area contributed by atoms with Crippen LogP contribution in [0, 0.1) is 0 Å². The highest BCUT2D eigenvalue weighted by molar-refractivity contribution is 7.47. The molecule has 20 nitrogen and oxygen atoms in total. The molecule has 0 saturated carbocycles. The number of ether oxygens (including phenoxy) is 2. The molecule has 2 fully saturated rings. The fraction of sp³-hybridized carbons (Fsp3) is 0.526. The predicted octanol–water partition coefficient (Wildman–Crippen LogP) is -4.38. The first-order valence-corrected chi connectivity index (χ1v) is 13.0. The quantitative estimate of drug-likeness (QED) is 0.115. The normalized spacial score (nSPS) is 32.0. The monoisotopic (exact) mass is 589 g/mol. The molecule has 5 heterocycles. The van der Waals surface area contributed by atoms with Crippen molar-refractivity contribution in [3.63, 3.8) is 0 Å². The lowest BCUT2D eigenvalue weighted by molar-refractivity contribution is -0.0635. The maximum Gasteiger partial charge on any atom is 0.472 e. The van der Waals surface area contributed by atoms with E-state index >= 15 is 0 Å². The van der Waals surface area contributed by atoms with E-state index in [-0.39, 0.29) is 17.1 Å². The molecule has 0 radical (unpaired) electrons. The average Bonchev–Trinajstić information content (AvgIpc) is 3.53. The number of nitrogens with zero attached hydrogens (tertiary/aromatic N) is 4. The number of nitrogens with one attached hydrogen (secondary N) is 2. The van der Waals surface area contributed by atoms with Crippen LogP contribution in [-0.4, -0.2) is 104 Å². The van der Waals surface area contributed by atoms with E-state index in [1.165, 1.54) is 0 Å². The van der Waals surface area contributed by atoms with Crippen LogP contribution in [0.5, 0.6) is 0 Å². The van der Waals surface area contributed by atoms with E-state index in [9.17, 15) is 44.3 Å². The first-order chi connectivity index (χ1) is 18.9. The second-order valence-corrected chi connectivity index (χ2v) is 10.3. The highest BCUT2D eigenvalue weighted by atomic mass is 31.2. The van der Waals surface area contributed by atoms with Gasteiger partial charge < -0.3 is 40.5 Å².